The van der Waals surface area contributed by atoms with Gasteiger partial charge in [-0.2, -0.15) is 0 Å². The van der Waals surface area contributed by atoms with Crippen molar-refractivity contribution in [3.63, 3.8) is 0 Å². The topological polar surface area (TPSA) is 72.2 Å². The molecule has 0 radical (unpaired) electrons. The predicted octanol–water partition coefficient (Wildman–Crippen LogP) is 2.17. The largest absolute Gasteiger partial charge is 0.310 e. The molecule has 5 heteroatoms. The van der Waals surface area contributed by atoms with E-state index in [-0.39, 0.29) is 10.9 Å². The summed E-state index contributed by atoms with van der Waals surface area (Å²) in [6.45, 7) is 5.40. The fraction of sp³-hybridized carbons (Fsp3) is 0.571. The van der Waals surface area contributed by atoms with E-state index in [4.69, 9.17) is 5.14 Å². The Morgan fingerprint density at radius 3 is 2.32 bits per heavy atom. The van der Waals surface area contributed by atoms with Crippen molar-refractivity contribution in [3.8, 4) is 0 Å². The molecular weight excluding hydrogens is 260 g/mol. The van der Waals surface area contributed by atoms with Crippen LogP contribution < -0.4 is 10.5 Å². The highest BCUT2D eigenvalue weighted by atomic mass is 32.2. The minimum Gasteiger partial charge on any atom is -0.310 e. The fourth-order valence-corrected chi connectivity index (χ4v) is 2.94. The summed E-state index contributed by atoms with van der Waals surface area (Å²) in [6, 6.07) is 6.98. The van der Waals surface area contributed by atoms with Gasteiger partial charge in [0.15, 0.2) is 0 Å². The minimum atomic E-state index is -3.60. The molecule has 1 aromatic rings. The number of hydrogen-bond acceptors (Lipinski definition) is 3. The van der Waals surface area contributed by atoms with Gasteiger partial charge >= 0.3 is 0 Å². The molecule has 1 saturated carbocycles. The number of hydrogen-bond donors (Lipinski definition) is 2. The SMILES string of the molecule is CC(NCC1(C)CCC1)c1ccc(S(N)(=O)=O)cc1. The average Bonchev–Trinajstić information content (AvgIpc) is 2.33. The molecule has 1 atom stereocenters. The maximum atomic E-state index is 11.2. The van der Waals surface area contributed by atoms with E-state index in [1.807, 2.05) is 12.1 Å². The molecule has 1 aliphatic rings. The molecule has 0 saturated heterocycles. The van der Waals surface area contributed by atoms with Crippen molar-refractivity contribution in [2.45, 2.75) is 44.0 Å². The number of nitrogens with one attached hydrogen (secondary N) is 1. The highest BCUT2D eigenvalue weighted by Crippen LogP contribution is 2.39. The van der Waals surface area contributed by atoms with Crippen LogP contribution in [0.3, 0.4) is 0 Å². The molecule has 0 aromatic heterocycles. The Labute approximate surface area is 115 Å². The van der Waals surface area contributed by atoms with Gasteiger partial charge in [0.25, 0.3) is 0 Å². The summed E-state index contributed by atoms with van der Waals surface area (Å²) < 4.78 is 22.4. The van der Waals surface area contributed by atoms with E-state index in [2.05, 4.69) is 19.2 Å². The number of sulfonamides is 1. The zero-order valence-corrected chi connectivity index (χ0v) is 12.3. The van der Waals surface area contributed by atoms with Gasteiger partial charge in [-0.1, -0.05) is 25.5 Å². The maximum Gasteiger partial charge on any atom is 0.238 e. The molecule has 106 valence electrons. The first kappa shape index (κ1) is 14.5. The first-order valence-corrected chi connectivity index (χ1v) is 8.21. The lowest BCUT2D eigenvalue weighted by molar-refractivity contribution is 0.152. The molecule has 0 aliphatic heterocycles. The standard InChI is InChI=1S/C14H22N2O2S/c1-11(16-10-14(2)8-3-9-14)12-4-6-13(7-5-12)19(15,17)18/h4-7,11,16H,3,8-10H2,1-2H3,(H2,15,17,18). The van der Waals surface area contributed by atoms with E-state index in [9.17, 15) is 8.42 Å². The molecule has 1 aromatic carbocycles. The van der Waals surface area contributed by atoms with E-state index in [0.717, 1.165) is 12.1 Å². The second-order valence-electron chi connectivity index (χ2n) is 5.88. The van der Waals surface area contributed by atoms with E-state index in [1.54, 1.807) is 12.1 Å². The molecule has 1 unspecified atom stereocenters. The van der Waals surface area contributed by atoms with E-state index in [1.165, 1.54) is 19.3 Å². The number of nitrogens with two attached hydrogens (primary N) is 1. The van der Waals surface area contributed by atoms with Gasteiger partial charge < -0.3 is 5.32 Å². The monoisotopic (exact) mass is 282 g/mol. The van der Waals surface area contributed by atoms with Crippen molar-refractivity contribution in [2.24, 2.45) is 10.6 Å². The van der Waals surface area contributed by atoms with Crippen molar-refractivity contribution in [1.29, 1.82) is 0 Å². The lowest BCUT2D eigenvalue weighted by atomic mass is 9.70. The van der Waals surface area contributed by atoms with Gasteiger partial charge in [0.1, 0.15) is 0 Å². The Morgan fingerprint density at radius 2 is 1.89 bits per heavy atom. The van der Waals surface area contributed by atoms with Crippen molar-refractivity contribution in [3.05, 3.63) is 29.8 Å². The molecule has 4 nitrogen and oxygen atoms in total. The summed E-state index contributed by atoms with van der Waals surface area (Å²) in [5, 5.41) is 8.60. The first-order chi connectivity index (χ1) is 8.80. The van der Waals surface area contributed by atoms with Gasteiger partial charge in [0.2, 0.25) is 10.0 Å². The fourth-order valence-electron chi connectivity index (χ4n) is 2.42. The van der Waals surface area contributed by atoms with Crippen molar-refractivity contribution in [1.82, 2.24) is 5.32 Å². The quantitative estimate of drug-likeness (QED) is 0.869. The van der Waals surface area contributed by atoms with Crippen LogP contribution in [0.4, 0.5) is 0 Å². The zero-order chi connectivity index (χ0) is 14.1. The Kier molecular flexibility index (Phi) is 3.99. The maximum absolute atomic E-state index is 11.2. The number of rotatable bonds is 5. The third-order valence-corrected chi connectivity index (χ3v) is 5.03. The molecule has 0 spiro atoms. The molecule has 0 heterocycles. The molecule has 2 rings (SSSR count). The first-order valence-electron chi connectivity index (χ1n) is 6.66. The van der Waals surface area contributed by atoms with Crippen molar-refractivity contribution >= 4 is 10.0 Å². The molecule has 1 fully saturated rings. The van der Waals surface area contributed by atoms with Gasteiger partial charge in [-0.25, -0.2) is 13.6 Å². The molecular formula is C14H22N2O2S. The Bertz CT molecular complexity index is 533. The summed E-state index contributed by atoms with van der Waals surface area (Å²) in [5.74, 6) is 0. The summed E-state index contributed by atoms with van der Waals surface area (Å²) in [4.78, 5) is 0.161. The molecule has 19 heavy (non-hydrogen) atoms. The molecule has 3 N–H and O–H groups in total. The van der Waals surface area contributed by atoms with Gasteiger partial charge in [-0.3, -0.25) is 0 Å². The van der Waals surface area contributed by atoms with E-state index in [0.29, 0.717) is 5.41 Å². The van der Waals surface area contributed by atoms with E-state index < -0.39 is 10.0 Å². The molecule has 0 amide bonds. The number of benzene rings is 1. The Balaban J connectivity index is 1.97. The van der Waals surface area contributed by atoms with Gasteiger partial charge in [-0.15, -0.1) is 0 Å². The summed E-state index contributed by atoms with van der Waals surface area (Å²) in [7, 11) is -3.60. The third-order valence-electron chi connectivity index (χ3n) is 4.10. The summed E-state index contributed by atoms with van der Waals surface area (Å²) >= 11 is 0. The second kappa shape index (κ2) is 5.23. The summed E-state index contributed by atoms with van der Waals surface area (Å²) in [5.41, 5.74) is 1.52. The van der Waals surface area contributed by atoms with Gasteiger partial charge in [-0.05, 0) is 42.9 Å². The van der Waals surface area contributed by atoms with Crippen LogP contribution in [0.5, 0.6) is 0 Å². The Morgan fingerprint density at radius 1 is 1.32 bits per heavy atom. The molecule has 1 aliphatic carbocycles. The number of primary sulfonamides is 1. The van der Waals surface area contributed by atoms with Crippen molar-refractivity contribution < 1.29 is 8.42 Å². The van der Waals surface area contributed by atoms with Crippen molar-refractivity contribution in [2.75, 3.05) is 6.54 Å². The normalized spacial score (nSPS) is 19.7. The summed E-state index contributed by atoms with van der Waals surface area (Å²) in [6.07, 6.45) is 3.91. The van der Waals surface area contributed by atoms with Crippen LogP contribution in [0.1, 0.15) is 44.7 Å². The van der Waals surface area contributed by atoms with Crippen LogP contribution in [0.15, 0.2) is 29.2 Å². The van der Waals surface area contributed by atoms with E-state index >= 15 is 0 Å². The van der Waals surface area contributed by atoms with Gasteiger partial charge in [0.05, 0.1) is 4.90 Å². The minimum absolute atomic E-state index is 0.161. The van der Waals surface area contributed by atoms with Crippen LogP contribution in [-0.4, -0.2) is 15.0 Å². The second-order valence-corrected chi connectivity index (χ2v) is 7.44. The zero-order valence-electron chi connectivity index (χ0n) is 11.5. The average molecular weight is 282 g/mol. The third kappa shape index (κ3) is 3.55. The lowest BCUT2D eigenvalue weighted by Gasteiger charge is -2.39. The van der Waals surface area contributed by atoms with Crippen LogP contribution in [0.25, 0.3) is 0 Å². The lowest BCUT2D eigenvalue weighted by Crippen LogP contribution is -2.38. The molecule has 0 bridgehead atoms. The smallest absolute Gasteiger partial charge is 0.238 e. The van der Waals surface area contributed by atoms with Crippen LogP contribution in [-0.2, 0) is 10.0 Å². The predicted molar refractivity (Wildman–Crippen MR) is 76.2 cm³/mol. The highest BCUT2D eigenvalue weighted by Gasteiger charge is 2.31. The van der Waals surface area contributed by atoms with Crippen LogP contribution >= 0.6 is 0 Å². The highest BCUT2D eigenvalue weighted by molar-refractivity contribution is 7.89. The van der Waals surface area contributed by atoms with Gasteiger partial charge in [0, 0.05) is 12.6 Å². The van der Waals surface area contributed by atoms with Crippen LogP contribution in [0.2, 0.25) is 0 Å². The Hall–Kier alpha value is -0.910. The van der Waals surface area contributed by atoms with Crippen LogP contribution in [0, 0.1) is 5.41 Å².